The number of nitrogens with zero attached hydrogens (tertiary/aromatic N) is 3. The summed E-state index contributed by atoms with van der Waals surface area (Å²) in [4.78, 5) is 19.4. The van der Waals surface area contributed by atoms with Crippen molar-refractivity contribution >= 4 is 5.91 Å². The number of aromatic nitrogens is 2. The van der Waals surface area contributed by atoms with Crippen molar-refractivity contribution in [1.82, 2.24) is 20.4 Å². The summed E-state index contributed by atoms with van der Waals surface area (Å²) in [7, 11) is 1.64. The molecule has 0 radical (unpaired) electrons. The molecule has 1 amide bonds. The molecule has 0 spiro atoms. The summed E-state index contributed by atoms with van der Waals surface area (Å²) in [5.41, 5.74) is 1.95. The largest absolute Gasteiger partial charge is 0.497 e. The second-order valence-corrected chi connectivity index (χ2v) is 8.09. The predicted octanol–water partition coefficient (Wildman–Crippen LogP) is 3.67. The van der Waals surface area contributed by atoms with Crippen LogP contribution in [-0.4, -0.2) is 47.8 Å². The van der Waals surface area contributed by atoms with Gasteiger partial charge in [0, 0.05) is 18.0 Å². The van der Waals surface area contributed by atoms with E-state index in [1.807, 2.05) is 55.5 Å². The molecule has 4 rings (SSSR count). The normalized spacial score (nSPS) is 14.7. The van der Waals surface area contributed by atoms with Gasteiger partial charge in [-0.2, -0.15) is 4.98 Å². The van der Waals surface area contributed by atoms with Crippen LogP contribution in [0.4, 0.5) is 0 Å². The van der Waals surface area contributed by atoms with Crippen LogP contribution in [0.15, 0.2) is 53.1 Å². The highest BCUT2D eigenvalue weighted by Gasteiger charge is 2.26. The van der Waals surface area contributed by atoms with E-state index < -0.39 is 0 Å². The maximum atomic E-state index is 12.6. The van der Waals surface area contributed by atoms with E-state index >= 15 is 0 Å². The van der Waals surface area contributed by atoms with Crippen molar-refractivity contribution in [1.29, 1.82) is 0 Å². The lowest BCUT2D eigenvalue weighted by atomic mass is 9.96. The van der Waals surface area contributed by atoms with E-state index in [1.165, 1.54) is 0 Å². The number of hydrogen-bond acceptors (Lipinski definition) is 7. The molecule has 1 N–H and O–H groups in total. The van der Waals surface area contributed by atoms with Crippen molar-refractivity contribution in [3.8, 4) is 22.9 Å². The molecule has 33 heavy (non-hydrogen) atoms. The van der Waals surface area contributed by atoms with E-state index in [1.54, 1.807) is 7.11 Å². The van der Waals surface area contributed by atoms with Crippen LogP contribution >= 0.6 is 0 Å². The number of amides is 1. The Kier molecular flexibility index (Phi) is 7.57. The molecule has 2 aromatic carbocycles. The minimum absolute atomic E-state index is 0.0292. The van der Waals surface area contributed by atoms with Crippen LogP contribution < -0.4 is 14.8 Å². The zero-order valence-electron chi connectivity index (χ0n) is 19.1. The average Bonchev–Trinajstić information content (AvgIpc) is 3.32. The summed E-state index contributed by atoms with van der Waals surface area (Å²) in [6, 6.07) is 15.4. The first-order chi connectivity index (χ1) is 16.1. The van der Waals surface area contributed by atoms with Gasteiger partial charge in [-0.05, 0) is 74.8 Å². The Balaban J connectivity index is 1.21. The molecule has 1 aromatic heterocycles. The fourth-order valence-corrected chi connectivity index (χ4v) is 3.92. The molecule has 0 saturated carbocycles. The monoisotopic (exact) mass is 450 g/mol. The molecule has 8 heteroatoms. The van der Waals surface area contributed by atoms with Crippen LogP contribution in [0.2, 0.25) is 0 Å². The summed E-state index contributed by atoms with van der Waals surface area (Å²) in [5, 5.41) is 7.16. The molecule has 1 aliphatic heterocycles. The fraction of sp³-hybridized carbons (Fsp3) is 0.400. The molecule has 174 valence electrons. The number of carbonyl (C=O) groups is 1. The van der Waals surface area contributed by atoms with Crippen molar-refractivity contribution in [2.24, 2.45) is 5.92 Å². The van der Waals surface area contributed by atoms with E-state index in [2.05, 4.69) is 20.4 Å². The van der Waals surface area contributed by atoms with Crippen molar-refractivity contribution in [3.05, 3.63) is 60.0 Å². The second kappa shape index (κ2) is 11.0. The highest BCUT2D eigenvalue weighted by molar-refractivity contribution is 5.78. The highest BCUT2D eigenvalue weighted by atomic mass is 16.5. The zero-order chi connectivity index (χ0) is 23.0. The smallest absolute Gasteiger partial charge is 0.241 e. The molecule has 1 saturated heterocycles. The molecule has 1 fully saturated rings. The maximum absolute atomic E-state index is 12.6. The Morgan fingerprint density at radius 3 is 2.45 bits per heavy atom. The number of benzene rings is 2. The summed E-state index contributed by atoms with van der Waals surface area (Å²) in [6.07, 6.45) is 1.63. The first-order valence-electron chi connectivity index (χ1n) is 11.3. The van der Waals surface area contributed by atoms with Crippen molar-refractivity contribution in [2.45, 2.75) is 32.9 Å². The zero-order valence-corrected chi connectivity index (χ0v) is 19.1. The molecule has 1 aliphatic rings. The molecule has 3 aromatic rings. The third-order valence-corrected chi connectivity index (χ3v) is 5.83. The Labute approximate surface area is 193 Å². The van der Waals surface area contributed by atoms with Crippen molar-refractivity contribution in [3.63, 3.8) is 0 Å². The predicted molar refractivity (Wildman–Crippen MR) is 124 cm³/mol. The van der Waals surface area contributed by atoms with Gasteiger partial charge in [0.05, 0.1) is 20.3 Å². The van der Waals surface area contributed by atoms with E-state index in [4.69, 9.17) is 14.0 Å². The van der Waals surface area contributed by atoms with Gasteiger partial charge < -0.3 is 19.3 Å². The molecular formula is C25H30N4O4. The molecule has 0 aliphatic carbocycles. The van der Waals surface area contributed by atoms with Crippen LogP contribution in [-0.2, 0) is 17.9 Å². The van der Waals surface area contributed by atoms with Gasteiger partial charge >= 0.3 is 0 Å². The second-order valence-electron chi connectivity index (χ2n) is 8.09. The number of ether oxygens (including phenoxy) is 2. The molecular weight excluding hydrogens is 420 g/mol. The number of piperidine rings is 1. The van der Waals surface area contributed by atoms with Crippen molar-refractivity contribution in [2.75, 3.05) is 26.8 Å². The molecule has 0 bridgehead atoms. The van der Waals surface area contributed by atoms with E-state index in [-0.39, 0.29) is 11.8 Å². The minimum Gasteiger partial charge on any atom is -0.497 e. The van der Waals surface area contributed by atoms with Crippen LogP contribution in [0.25, 0.3) is 11.4 Å². The molecule has 2 heterocycles. The lowest BCUT2D eigenvalue weighted by Gasteiger charge is -2.30. The van der Waals surface area contributed by atoms with Crippen LogP contribution in [0.1, 0.15) is 31.2 Å². The molecule has 0 unspecified atom stereocenters. The topological polar surface area (TPSA) is 89.7 Å². The van der Waals surface area contributed by atoms with Gasteiger partial charge in [0.1, 0.15) is 11.5 Å². The molecule has 0 atom stereocenters. The Hall–Kier alpha value is -3.39. The standard InChI is InChI=1S/C25H30N4O4/c1-3-32-22-8-4-18(5-9-22)16-26-25(30)20-12-14-29(15-13-20)17-23-27-24(28-33-23)19-6-10-21(31-2)11-7-19/h4-11,20H,3,12-17H2,1-2H3,(H,26,30). The SMILES string of the molecule is CCOc1ccc(CNC(=O)C2CCN(Cc3nc(-c4ccc(OC)cc4)no3)CC2)cc1. The fourth-order valence-electron chi connectivity index (χ4n) is 3.92. The Morgan fingerprint density at radius 2 is 1.79 bits per heavy atom. The summed E-state index contributed by atoms with van der Waals surface area (Å²) in [6.45, 7) is 5.36. The van der Waals surface area contributed by atoms with Gasteiger partial charge in [0.25, 0.3) is 0 Å². The highest BCUT2D eigenvalue weighted by Crippen LogP contribution is 2.22. The minimum atomic E-state index is 0.0292. The maximum Gasteiger partial charge on any atom is 0.241 e. The number of nitrogens with one attached hydrogen (secondary N) is 1. The van der Waals surface area contributed by atoms with Gasteiger partial charge in [0.15, 0.2) is 0 Å². The average molecular weight is 451 g/mol. The summed E-state index contributed by atoms with van der Waals surface area (Å²) < 4.78 is 16.1. The van der Waals surface area contributed by atoms with Gasteiger partial charge in [-0.1, -0.05) is 17.3 Å². The number of methoxy groups -OCH3 is 1. The van der Waals surface area contributed by atoms with E-state index in [0.29, 0.717) is 31.4 Å². The van der Waals surface area contributed by atoms with E-state index in [0.717, 1.165) is 48.6 Å². The number of rotatable bonds is 9. The van der Waals surface area contributed by atoms with Gasteiger partial charge in [0.2, 0.25) is 17.6 Å². The van der Waals surface area contributed by atoms with Crippen molar-refractivity contribution < 1.29 is 18.8 Å². The van der Waals surface area contributed by atoms with Crippen LogP contribution in [0.5, 0.6) is 11.5 Å². The molecule has 8 nitrogen and oxygen atoms in total. The third-order valence-electron chi connectivity index (χ3n) is 5.83. The lowest BCUT2D eigenvalue weighted by Crippen LogP contribution is -2.40. The Bertz CT molecular complexity index is 1030. The summed E-state index contributed by atoms with van der Waals surface area (Å²) >= 11 is 0. The van der Waals surface area contributed by atoms with E-state index in [9.17, 15) is 4.79 Å². The summed E-state index contributed by atoms with van der Waals surface area (Å²) in [5.74, 6) is 2.92. The lowest BCUT2D eigenvalue weighted by molar-refractivity contribution is -0.126. The van der Waals surface area contributed by atoms with Gasteiger partial charge in [-0.15, -0.1) is 0 Å². The first kappa shape index (κ1) is 22.8. The van der Waals surface area contributed by atoms with Gasteiger partial charge in [-0.3, -0.25) is 9.69 Å². The van der Waals surface area contributed by atoms with Gasteiger partial charge in [-0.25, -0.2) is 0 Å². The Morgan fingerprint density at radius 1 is 1.09 bits per heavy atom. The number of carbonyl (C=O) groups excluding carboxylic acids is 1. The quantitative estimate of drug-likeness (QED) is 0.532. The van der Waals surface area contributed by atoms with Crippen LogP contribution in [0, 0.1) is 5.92 Å². The number of hydrogen-bond donors (Lipinski definition) is 1. The van der Waals surface area contributed by atoms with Crippen LogP contribution in [0.3, 0.4) is 0 Å². The first-order valence-corrected chi connectivity index (χ1v) is 11.3. The third kappa shape index (κ3) is 6.10. The number of likely N-dealkylation sites (tertiary alicyclic amines) is 1.